The maximum absolute atomic E-state index is 10.8. The Balaban J connectivity index is 2.13. The average molecular weight is 292 g/mol. The molecule has 2 aromatic carbocycles. The van der Waals surface area contributed by atoms with E-state index in [-0.39, 0.29) is 5.56 Å². The van der Waals surface area contributed by atoms with Crippen LogP contribution < -0.4 is 10.1 Å². The van der Waals surface area contributed by atoms with Gasteiger partial charge in [0.25, 0.3) is 0 Å². The third-order valence-electron chi connectivity index (χ3n) is 2.88. The summed E-state index contributed by atoms with van der Waals surface area (Å²) in [6.07, 6.45) is 0. The van der Waals surface area contributed by atoms with Gasteiger partial charge >= 0.3 is 5.97 Å². The van der Waals surface area contributed by atoms with Crippen LogP contribution in [-0.2, 0) is 6.54 Å². The first-order valence-electron chi connectivity index (χ1n) is 6.00. The number of ether oxygens (including phenoxy) is 1. The minimum atomic E-state index is -0.997. The number of carbonyl (C=O) groups is 1. The minimum absolute atomic E-state index is 0.165. The van der Waals surface area contributed by atoms with Gasteiger partial charge < -0.3 is 15.2 Å². The van der Waals surface area contributed by atoms with E-state index in [4.69, 9.17) is 21.4 Å². The van der Waals surface area contributed by atoms with Gasteiger partial charge in [-0.25, -0.2) is 4.79 Å². The molecule has 4 nitrogen and oxygen atoms in total. The van der Waals surface area contributed by atoms with Crippen LogP contribution in [0.5, 0.6) is 5.75 Å². The number of carboxylic acids is 1. The van der Waals surface area contributed by atoms with Crippen LogP contribution in [-0.4, -0.2) is 18.2 Å². The fraction of sp³-hybridized carbons (Fsp3) is 0.133. The Morgan fingerprint density at radius 2 is 2.05 bits per heavy atom. The molecule has 0 aliphatic carbocycles. The van der Waals surface area contributed by atoms with Crippen molar-refractivity contribution in [3.05, 3.63) is 58.6 Å². The first kappa shape index (κ1) is 14.2. The second-order valence-electron chi connectivity index (χ2n) is 4.17. The van der Waals surface area contributed by atoms with Crippen LogP contribution >= 0.6 is 11.6 Å². The highest BCUT2D eigenvalue weighted by Crippen LogP contribution is 2.25. The molecule has 0 radical (unpaired) electrons. The molecule has 0 spiro atoms. The Labute approximate surface area is 122 Å². The molecule has 0 fully saturated rings. The molecule has 2 aromatic rings. The van der Waals surface area contributed by atoms with Crippen LogP contribution in [0.25, 0.3) is 0 Å². The third-order valence-corrected chi connectivity index (χ3v) is 3.19. The summed E-state index contributed by atoms with van der Waals surface area (Å²) in [5.74, 6) is -0.207. The lowest BCUT2D eigenvalue weighted by Crippen LogP contribution is -2.03. The average Bonchev–Trinajstić information content (AvgIpc) is 2.46. The van der Waals surface area contributed by atoms with E-state index < -0.39 is 5.97 Å². The topological polar surface area (TPSA) is 58.6 Å². The number of hydrogen-bond acceptors (Lipinski definition) is 3. The second-order valence-corrected chi connectivity index (χ2v) is 4.57. The van der Waals surface area contributed by atoms with Crippen molar-refractivity contribution in [2.45, 2.75) is 6.54 Å². The van der Waals surface area contributed by atoms with E-state index in [0.29, 0.717) is 17.3 Å². The highest BCUT2D eigenvalue weighted by atomic mass is 35.5. The summed E-state index contributed by atoms with van der Waals surface area (Å²) in [5, 5.41) is 12.4. The predicted molar refractivity (Wildman–Crippen MR) is 78.7 cm³/mol. The molecule has 2 N–H and O–H groups in total. The molecule has 0 unspecified atom stereocenters. The molecular weight excluding hydrogens is 278 g/mol. The van der Waals surface area contributed by atoms with Crippen molar-refractivity contribution in [2.24, 2.45) is 0 Å². The summed E-state index contributed by atoms with van der Waals surface area (Å²) >= 11 is 6.06. The van der Waals surface area contributed by atoms with Gasteiger partial charge in [0.2, 0.25) is 0 Å². The Morgan fingerprint density at radius 1 is 1.30 bits per heavy atom. The van der Waals surface area contributed by atoms with Gasteiger partial charge in [-0.05, 0) is 24.3 Å². The number of carboxylic acid groups (broad SMARTS) is 1. The lowest BCUT2D eigenvalue weighted by molar-refractivity contribution is 0.0697. The quantitative estimate of drug-likeness (QED) is 0.882. The van der Waals surface area contributed by atoms with Crippen molar-refractivity contribution < 1.29 is 14.6 Å². The van der Waals surface area contributed by atoms with E-state index in [1.807, 2.05) is 24.3 Å². The van der Waals surface area contributed by atoms with Gasteiger partial charge in [0.15, 0.2) is 0 Å². The van der Waals surface area contributed by atoms with Gasteiger partial charge in [-0.3, -0.25) is 0 Å². The Bertz CT molecular complexity index is 628. The molecule has 104 valence electrons. The van der Waals surface area contributed by atoms with Gasteiger partial charge in [0.05, 0.1) is 23.4 Å². The number of para-hydroxylation sites is 1. The molecule has 0 saturated heterocycles. The molecule has 0 heterocycles. The largest absolute Gasteiger partial charge is 0.496 e. The summed E-state index contributed by atoms with van der Waals surface area (Å²) in [5.41, 5.74) is 1.84. The van der Waals surface area contributed by atoms with Gasteiger partial charge in [-0.15, -0.1) is 0 Å². The summed E-state index contributed by atoms with van der Waals surface area (Å²) in [4.78, 5) is 10.8. The molecule has 0 saturated carbocycles. The number of benzene rings is 2. The molecule has 20 heavy (non-hydrogen) atoms. The Hall–Kier alpha value is -2.20. The normalized spacial score (nSPS) is 10.1. The SMILES string of the molecule is COc1ccccc1CNc1ccc(C(=O)O)cc1Cl. The summed E-state index contributed by atoms with van der Waals surface area (Å²) < 4.78 is 5.26. The highest BCUT2D eigenvalue weighted by Gasteiger charge is 2.07. The van der Waals surface area contributed by atoms with Crippen LogP contribution in [0.4, 0.5) is 5.69 Å². The summed E-state index contributed by atoms with van der Waals surface area (Å²) in [6.45, 7) is 0.538. The van der Waals surface area contributed by atoms with Gasteiger partial charge in [-0.2, -0.15) is 0 Å². The summed E-state index contributed by atoms with van der Waals surface area (Å²) in [7, 11) is 1.62. The van der Waals surface area contributed by atoms with Crippen molar-refractivity contribution in [3.8, 4) is 5.75 Å². The molecule has 0 aliphatic rings. The van der Waals surface area contributed by atoms with E-state index in [2.05, 4.69) is 5.32 Å². The number of halogens is 1. The van der Waals surface area contributed by atoms with Crippen molar-refractivity contribution in [2.75, 3.05) is 12.4 Å². The number of hydrogen-bond donors (Lipinski definition) is 2. The maximum Gasteiger partial charge on any atom is 0.335 e. The first-order chi connectivity index (χ1) is 9.61. The van der Waals surface area contributed by atoms with E-state index in [0.717, 1.165) is 11.3 Å². The standard InChI is InChI=1S/C15H14ClNO3/c1-20-14-5-3-2-4-11(14)9-17-13-7-6-10(15(18)19)8-12(13)16/h2-8,17H,9H2,1H3,(H,18,19). The molecular formula is C15H14ClNO3. The number of nitrogens with one attached hydrogen (secondary N) is 1. The molecule has 0 aliphatic heterocycles. The molecule has 0 atom stereocenters. The Morgan fingerprint density at radius 3 is 2.70 bits per heavy atom. The molecule has 2 rings (SSSR count). The lowest BCUT2D eigenvalue weighted by Gasteiger charge is -2.11. The van der Waals surface area contributed by atoms with Gasteiger partial charge in [0.1, 0.15) is 5.75 Å². The van der Waals surface area contributed by atoms with Crippen molar-refractivity contribution >= 4 is 23.3 Å². The molecule has 0 bridgehead atoms. The van der Waals surface area contributed by atoms with Gasteiger partial charge in [-0.1, -0.05) is 29.8 Å². The van der Waals surface area contributed by atoms with Gasteiger partial charge in [0, 0.05) is 12.1 Å². The van der Waals surface area contributed by atoms with Crippen LogP contribution in [0.2, 0.25) is 5.02 Å². The van der Waals surface area contributed by atoms with Crippen LogP contribution in [0.15, 0.2) is 42.5 Å². The van der Waals surface area contributed by atoms with Crippen molar-refractivity contribution in [3.63, 3.8) is 0 Å². The fourth-order valence-electron chi connectivity index (χ4n) is 1.83. The minimum Gasteiger partial charge on any atom is -0.496 e. The fourth-order valence-corrected chi connectivity index (χ4v) is 2.08. The maximum atomic E-state index is 10.8. The van der Waals surface area contributed by atoms with E-state index in [1.54, 1.807) is 13.2 Å². The van der Waals surface area contributed by atoms with E-state index in [9.17, 15) is 4.79 Å². The summed E-state index contributed by atoms with van der Waals surface area (Å²) in [6, 6.07) is 12.2. The number of anilines is 1. The smallest absolute Gasteiger partial charge is 0.335 e. The van der Waals surface area contributed by atoms with Crippen molar-refractivity contribution in [1.82, 2.24) is 0 Å². The monoisotopic (exact) mass is 291 g/mol. The lowest BCUT2D eigenvalue weighted by atomic mass is 10.1. The molecule has 0 amide bonds. The predicted octanol–water partition coefficient (Wildman–Crippen LogP) is 3.66. The molecule has 0 aromatic heterocycles. The zero-order valence-corrected chi connectivity index (χ0v) is 11.6. The zero-order valence-electron chi connectivity index (χ0n) is 10.9. The highest BCUT2D eigenvalue weighted by molar-refractivity contribution is 6.33. The molecule has 5 heteroatoms. The second kappa shape index (κ2) is 6.30. The number of aromatic carboxylic acids is 1. The van der Waals surface area contributed by atoms with Crippen molar-refractivity contribution in [1.29, 1.82) is 0 Å². The number of rotatable bonds is 5. The van der Waals surface area contributed by atoms with Crippen LogP contribution in [0.1, 0.15) is 15.9 Å². The van der Waals surface area contributed by atoms with Crippen LogP contribution in [0, 0.1) is 0 Å². The number of methoxy groups -OCH3 is 1. The van der Waals surface area contributed by atoms with Crippen LogP contribution in [0.3, 0.4) is 0 Å². The zero-order chi connectivity index (χ0) is 14.5. The Kier molecular flexibility index (Phi) is 4.48. The first-order valence-corrected chi connectivity index (χ1v) is 6.38. The van der Waals surface area contributed by atoms with E-state index >= 15 is 0 Å². The van der Waals surface area contributed by atoms with E-state index in [1.165, 1.54) is 12.1 Å². The third kappa shape index (κ3) is 3.22.